The van der Waals surface area contributed by atoms with E-state index in [-0.39, 0.29) is 0 Å². The fraction of sp³-hybridized carbons (Fsp3) is 0.417. The third kappa shape index (κ3) is 2.47. The molecular formula is C12H16FO. The SMILES string of the molecule is CCOc1ccc([C](C)CF)cc1C. The second-order valence-electron chi connectivity index (χ2n) is 3.33. The molecule has 0 aliphatic carbocycles. The molecule has 14 heavy (non-hydrogen) atoms. The summed E-state index contributed by atoms with van der Waals surface area (Å²) in [4.78, 5) is 0. The summed E-state index contributed by atoms with van der Waals surface area (Å²) in [7, 11) is 0. The summed E-state index contributed by atoms with van der Waals surface area (Å²) in [6.07, 6.45) is 0. The zero-order valence-corrected chi connectivity index (χ0v) is 8.93. The van der Waals surface area contributed by atoms with Crippen molar-refractivity contribution >= 4 is 0 Å². The molecule has 0 fully saturated rings. The summed E-state index contributed by atoms with van der Waals surface area (Å²) >= 11 is 0. The van der Waals surface area contributed by atoms with E-state index < -0.39 is 6.67 Å². The molecule has 0 aromatic heterocycles. The van der Waals surface area contributed by atoms with E-state index in [1.807, 2.05) is 32.0 Å². The maximum absolute atomic E-state index is 12.4. The molecule has 0 saturated heterocycles. The molecule has 0 amide bonds. The number of rotatable bonds is 4. The average molecular weight is 195 g/mol. The van der Waals surface area contributed by atoms with E-state index >= 15 is 0 Å². The zero-order valence-electron chi connectivity index (χ0n) is 8.93. The lowest BCUT2D eigenvalue weighted by atomic mass is 10.0. The largest absolute Gasteiger partial charge is 0.494 e. The molecule has 77 valence electrons. The van der Waals surface area contributed by atoms with Crippen LogP contribution in [0.5, 0.6) is 5.75 Å². The highest BCUT2D eigenvalue weighted by atomic mass is 19.1. The van der Waals surface area contributed by atoms with Crippen molar-refractivity contribution in [1.29, 1.82) is 0 Å². The van der Waals surface area contributed by atoms with Crippen LogP contribution in [0, 0.1) is 12.8 Å². The highest BCUT2D eigenvalue weighted by Gasteiger charge is 2.07. The van der Waals surface area contributed by atoms with E-state index in [1.165, 1.54) is 0 Å². The number of alkyl halides is 1. The van der Waals surface area contributed by atoms with Gasteiger partial charge in [0.25, 0.3) is 0 Å². The fourth-order valence-corrected chi connectivity index (χ4v) is 1.31. The van der Waals surface area contributed by atoms with Gasteiger partial charge in [0.15, 0.2) is 0 Å². The molecule has 0 aliphatic heterocycles. The molecule has 0 saturated carbocycles. The van der Waals surface area contributed by atoms with Gasteiger partial charge < -0.3 is 4.74 Å². The summed E-state index contributed by atoms with van der Waals surface area (Å²) < 4.78 is 17.8. The third-order valence-electron chi connectivity index (χ3n) is 2.17. The van der Waals surface area contributed by atoms with E-state index in [0.29, 0.717) is 6.61 Å². The fourth-order valence-electron chi connectivity index (χ4n) is 1.31. The average Bonchev–Trinajstić information content (AvgIpc) is 2.20. The molecule has 1 nitrogen and oxygen atoms in total. The zero-order chi connectivity index (χ0) is 10.6. The molecule has 0 aliphatic rings. The van der Waals surface area contributed by atoms with Gasteiger partial charge in [-0.1, -0.05) is 19.1 Å². The molecule has 0 unspecified atom stereocenters. The van der Waals surface area contributed by atoms with Gasteiger partial charge in [-0.15, -0.1) is 0 Å². The van der Waals surface area contributed by atoms with E-state index in [9.17, 15) is 4.39 Å². The number of ether oxygens (including phenoxy) is 1. The van der Waals surface area contributed by atoms with Crippen molar-refractivity contribution in [2.45, 2.75) is 20.8 Å². The molecule has 0 spiro atoms. The number of halogens is 1. The monoisotopic (exact) mass is 195 g/mol. The van der Waals surface area contributed by atoms with Crippen LogP contribution in [0.3, 0.4) is 0 Å². The van der Waals surface area contributed by atoms with Gasteiger partial charge in [-0.2, -0.15) is 0 Å². The van der Waals surface area contributed by atoms with E-state index in [4.69, 9.17) is 4.74 Å². The summed E-state index contributed by atoms with van der Waals surface area (Å²) in [6.45, 7) is 5.99. The maximum Gasteiger partial charge on any atom is 0.122 e. The lowest BCUT2D eigenvalue weighted by Gasteiger charge is -2.11. The van der Waals surface area contributed by atoms with Crippen LogP contribution in [-0.4, -0.2) is 13.3 Å². The highest BCUT2D eigenvalue weighted by Crippen LogP contribution is 2.23. The van der Waals surface area contributed by atoms with Crippen LogP contribution in [0.25, 0.3) is 0 Å². The predicted octanol–water partition coefficient (Wildman–Crippen LogP) is 3.31. The van der Waals surface area contributed by atoms with Crippen LogP contribution in [0.4, 0.5) is 4.39 Å². The minimum Gasteiger partial charge on any atom is -0.494 e. The van der Waals surface area contributed by atoms with Crippen LogP contribution in [0.2, 0.25) is 0 Å². The van der Waals surface area contributed by atoms with Gasteiger partial charge in [-0.25, -0.2) is 0 Å². The Morgan fingerprint density at radius 2 is 2.14 bits per heavy atom. The quantitative estimate of drug-likeness (QED) is 0.716. The predicted molar refractivity (Wildman–Crippen MR) is 56.3 cm³/mol. The second kappa shape index (κ2) is 4.99. The Balaban J connectivity index is 2.88. The van der Waals surface area contributed by atoms with Gasteiger partial charge in [0, 0.05) is 5.92 Å². The minimum atomic E-state index is -0.395. The summed E-state index contributed by atoms with van der Waals surface area (Å²) in [5.74, 6) is 1.64. The van der Waals surface area contributed by atoms with Crippen molar-refractivity contribution < 1.29 is 9.13 Å². The Morgan fingerprint density at radius 3 is 2.64 bits per heavy atom. The van der Waals surface area contributed by atoms with Crippen molar-refractivity contribution in [3.05, 3.63) is 35.2 Å². The molecule has 0 heterocycles. The molecule has 1 radical (unpaired) electrons. The Labute approximate surface area is 84.9 Å². The van der Waals surface area contributed by atoms with Crippen molar-refractivity contribution in [3.8, 4) is 5.75 Å². The lowest BCUT2D eigenvalue weighted by molar-refractivity contribution is 0.338. The van der Waals surface area contributed by atoms with Crippen molar-refractivity contribution in [2.24, 2.45) is 0 Å². The smallest absolute Gasteiger partial charge is 0.122 e. The van der Waals surface area contributed by atoms with Gasteiger partial charge in [0.1, 0.15) is 5.75 Å². The first-order valence-electron chi connectivity index (χ1n) is 4.81. The molecule has 1 rings (SSSR count). The topological polar surface area (TPSA) is 9.23 Å². The molecular weight excluding hydrogens is 179 g/mol. The summed E-state index contributed by atoms with van der Waals surface area (Å²) in [5.41, 5.74) is 2.01. The Kier molecular flexibility index (Phi) is 3.93. The van der Waals surface area contributed by atoms with E-state index in [0.717, 1.165) is 22.8 Å². The molecule has 0 atom stereocenters. The summed E-state index contributed by atoms with van der Waals surface area (Å²) in [5, 5.41) is 0. The number of aryl methyl sites for hydroxylation is 1. The van der Waals surface area contributed by atoms with Crippen LogP contribution >= 0.6 is 0 Å². The number of hydrogen-bond acceptors (Lipinski definition) is 1. The van der Waals surface area contributed by atoms with E-state index in [2.05, 4.69) is 0 Å². The Morgan fingerprint density at radius 1 is 1.43 bits per heavy atom. The molecule has 2 heteroatoms. The van der Waals surface area contributed by atoms with Crippen LogP contribution in [0.15, 0.2) is 18.2 Å². The standard InChI is InChI=1S/C12H16FO/c1-4-14-12-6-5-11(7-9(12)2)10(3)8-13/h5-7H,4,8H2,1-3H3. The van der Waals surface area contributed by atoms with Crippen LogP contribution < -0.4 is 4.74 Å². The minimum absolute atomic E-state index is 0.395. The Hall–Kier alpha value is -1.05. The van der Waals surface area contributed by atoms with Crippen LogP contribution in [-0.2, 0) is 0 Å². The van der Waals surface area contributed by atoms with Crippen molar-refractivity contribution in [3.63, 3.8) is 0 Å². The number of hydrogen-bond donors (Lipinski definition) is 0. The first kappa shape index (κ1) is 11.0. The second-order valence-corrected chi connectivity index (χ2v) is 3.33. The molecule has 0 bridgehead atoms. The molecule has 0 N–H and O–H groups in total. The van der Waals surface area contributed by atoms with Crippen LogP contribution in [0.1, 0.15) is 25.0 Å². The van der Waals surface area contributed by atoms with Gasteiger partial charge in [-0.05, 0) is 31.0 Å². The highest BCUT2D eigenvalue weighted by molar-refractivity contribution is 5.41. The van der Waals surface area contributed by atoms with E-state index in [1.54, 1.807) is 6.92 Å². The summed E-state index contributed by atoms with van der Waals surface area (Å²) in [6, 6.07) is 5.75. The normalized spacial score (nSPS) is 10.6. The third-order valence-corrected chi connectivity index (χ3v) is 2.17. The number of benzene rings is 1. The van der Waals surface area contributed by atoms with Crippen molar-refractivity contribution in [2.75, 3.05) is 13.3 Å². The first-order chi connectivity index (χ1) is 6.69. The van der Waals surface area contributed by atoms with Gasteiger partial charge in [0.2, 0.25) is 0 Å². The molecule has 1 aromatic rings. The first-order valence-corrected chi connectivity index (χ1v) is 4.81. The molecule has 1 aromatic carbocycles. The van der Waals surface area contributed by atoms with Gasteiger partial charge >= 0.3 is 0 Å². The van der Waals surface area contributed by atoms with Crippen molar-refractivity contribution in [1.82, 2.24) is 0 Å². The maximum atomic E-state index is 12.4. The lowest BCUT2D eigenvalue weighted by Crippen LogP contribution is -1.99. The van der Waals surface area contributed by atoms with Gasteiger partial charge in [0.05, 0.1) is 13.3 Å². The Bertz CT molecular complexity index is 296. The van der Waals surface area contributed by atoms with Gasteiger partial charge in [-0.3, -0.25) is 4.39 Å².